The molecular formula is C23H30N3O4-. The number of carbonyl (C=O) groups is 3. The van der Waals surface area contributed by atoms with Crippen molar-refractivity contribution in [1.29, 1.82) is 0 Å². The molecule has 1 aromatic carbocycles. The number of carboxylic acids is 1. The fourth-order valence-electron chi connectivity index (χ4n) is 4.29. The maximum absolute atomic E-state index is 12.7. The van der Waals surface area contributed by atoms with Crippen molar-refractivity contribution in [2.75, 3.05) is 10.6 Å². The average Bonchev–Trinajstić information content (AvgIpc) is 2.71. The van der Waals surface area contributed by atoms with Gasteiger partial charge in [0.2, 0.25) is 5.91 Å². The Morgan fingerprint density at radius 2 is 1.37 bits per heavy atom. The van der Waals surface area contributed by atoms with Gasteiger partial charge in [-0.3, -0.25) is 4.79 Å². The average molecular weight is 413 g/mol. The normalized spacial score (nSPS) is 22.3. The summed E-state index contributed by atoms with van der Waals surface area (Å²) < 4.78 is 0. The molecule has 1 aromatic rings. The number of anilines is 2. The number of nitrogens with one attached hydrogen (secondary N) is 3. The molecule has 0 aromatic heterocycles. The topological polar surface area (TPSA) is 110 Å². The summed E-state index contributed by atoms with van der Waals surface area (Å²) >= 11 is 0. The van der Waals surface area contributed by atoms with E-state index in [4.69, 9.17) is 0 Å². The minimum atomic E-state index is -1.19. The fraction of sp³-hybridized carbons (Fsp3) is 0.522. The number of amides is 3. The lowest BCUT2D eigenvalue weighted by Crippen LogP contribution is -2.42. The molecule has 0 aliphatic heterocycles. The summed E-state index contributed by atoms with van der Waals surface area (Å²) in [6.07, 6.45) is 6.30. The zero-order chi connectivity index (χ0) is 21.7. The Morgan fingerprint density at radius 1 is 0.833 bits per heavy atom. The Balaban J connectivity index is 1.56. The first-order valence-corrected chi connectivity index (χ1v) is 10.7. The zero-order valence-corrected chi connectivity index (χ0v) is 17.6. The molecule has 30 heavy (non-hydrogen) atoms. The van der Waals surface area contributed by atoms with Gasteiger partial charge in [0.05, 0.1) is 5.92 Å². The summed E-state index contributed by atoms with van der Waals surface area (Å²) in [5.41, 5.74) is 3.24. The van der Waals surface area contributed by atoms with Gasteiger partial charge in [0.15, 0.2) is 0 Å². The van der Waals surface area contributed by atoms with E-state index in [0.717, 1.165) is 36.8 Å². The van der Waals surface area contributed by atoms with Gasteiger partial charge in [-0.2, -0.15) is 0 Å². The second kappa shape index (κ2) is 9.78. The van der Waals surface area contributed by atoms with Crippen molar-refractivity contribution in [1.82, 2.24) is 5.32 Å². The van der Waals surface area contributed by atoms with Crippen LogP contribution in [-0.4, -0.2) is 23.9 Å². The van der Waals surface area contributed by atoms with E-state index in [9.17, 15) is 19.5 Å². The number of hydrogen-bond donors (Lipinski definition) is 3. The van der Waals surface area contributed by atoms with Crippen LogP contribution < -0.4 is 21.1 Å². The first-order chi connectivity index (χ1) is 14.3. The first kappa shape index (κ1) is 21.9. The molecule has 2 atom stereocenters. The Labute approximate surface area is 177 Å². The minimum absolute atomic E-state index is 0.227. The van der Waals surface area contributed by atoms with Crippen LogP contribution in [-0.2, 0) is 9.59 Å². The van der Waals surface area contributed by atoms with Gasteiger partial charge in [0.1, 0.15) is 0 Å². The fourth-order valence-corrected chi connectivity index (χ4v) is 4.29. The van der Waals surface area contributed by atoms with Crippen molar-refractivity contribution < 1.29 is 19.5 Å². The summed E-state index contributed by atoms with van der Waals surface area (Å²) in [4.78, 5) is 36.4. The highest BCUT2D eigenvalue weighted by atomic mass is 16.4. The standard InChI is InChI=1S/C23H31N3O4/c1-14-12-19(20(22(28)29)13-15(14)2)21(27)24-17-8-10-18(11-9-17)26-23(30)25-16-6-4-3-5-7-16/h8-11,16,19-20H,3-7,12-13H2,1-2H3,(H,24,27)(H,28,29)(H2,25,26,30)/p-1/t19-,20+/m0/s1. The molecule has 7 nitrogen and oxygen atoms in total. The van der Waals surface area contributed by atoms with E-state index in [1.54, 1.807) is 24.3 Å². The van der Waals surface area contributed by atoms with Gasteiger partial charge in [-0.25, -0.2) is 4.79 Å². The first-order valence-electron chi connectivity index (χ1n) is 10.7. The highest BCUT2D eigenvalue weighted by Gasteiger charge is 2.33. The van der Waals surface area contributed by atoms with Crippen LogP contribution in [0.4, 0.5) is 16.2 Å². The van der Waals surface area contributed by atoms with E-state index < -0.39 is 17.8 Å². The molecule has 7 heteroatoms. The molecule has 2 aliphatic carbocycles. The Kier molecular flexibility index (Phi) is 7.13. The molecular weight excluding hydrogens is 382 g/mol. The van der Waals surface area contributed by atoms with Crippen LogP contribution >= 0.6 is 0 Å². The third-order valence-corrected chi connectivity index (χ3v) is 6.26. The van der Waals surface area contributed by atoms with Crippen molar-refractivity contribution in [3.63, 3.8) is 0 Å². The van der Waals surface area contributed by atoms with Crippen molar-refractivity contribution in [2.45, 2.75) is 64.8 Å². The monoisotopic (exact) mass is 412 g/mol. The lowest BCUT2D eigenvalue weighted by molar-refractivity contribution is -0.313. The number of urea groups is 1. The molecule has 2 aliphatic rings. The van der Waals surface area contributed by atoms with Gasteiger partial charge in [-0.15, -0.1) is 0 Å². The summed E-state index contributed by atoms with van der Waals surface area (Å²) in [5, 5.41) is 20.1. The third-order valence-electron chi connectivity index (χ3n) is 6.26. The van der Waals surface area contributed by atoms with Gasteiger partial charge in [0, 0.05) is 29.3 Å². The van der Waals surface area contributed by atoms with Crippen LogP contribution in [0.3, 0.4) is 0 Å². The predicted octanol–water partition coefficient (Wildman–Crippen LogP) is 3.19. The van der Waals surface area contributed by atoms with Crippen LogP contribution in [0.1, 0.15) is 58.8 Å². The van der Waals surface area contributed by atoms with Crippen LogP contribution in [0.2, 0.25) is 0 Å². The summed E-state index contributed by atoms with van der Waals surface area (Å²) in [6, 6.07) is 6.81. The van der Waals surface area contributed by atoms with Gasteiger partial charge in [0.25, 0.3) is 0 Å². The maximum atomic E-state index is 12.7. The van der Waals surface area contributed by atoms with E-state index >= 15 is 0 Å². The molecule has 3 amide bonds. The lowest BCUT2D eigenvalue weighted by atomic mass is 9.76. The molecule has 0 saturated heterocycles. The van der Waals surface area contributed by atoms with E-state index in [2.05, 4.69) is 16.0 Å². The number of aliphatic carboxylic acids is 1. The summed E-state index contributed by atoms with van der Waals surface area (Å²) in [6.45, 7) is 3.83. The van der Waals surface area contributed by atoms with Gasteiger partial charge in [-0.1, -0.05) is 30.4 Å². The number of carbonyl (C=O) groups excluding carboxylic acids is 3. The van der Waals surface area contributed by atoms with Crippen LogP contribution in [0.5, 0.6) is 0 Å². The van der Waals surface area contributed by atoms with E-state index in [-0.39, 0.29) is 18.0 Å². The van der Waals surface area contributed by atoms with E-state index in [0.29, 0.717) is 24.2 Å². The second-order valence-electron chi connectivity index (χ2n) is 8.50. The Hall–Kier alpha value is -2.83. The molecule has 162 valence electrons. The quantitative estimate of drug-likeness (QED) is 0.645. The molecule has 0 spiro atoms. The molecule has 1 saturated carbocycles. The highest BCUT2D eigenvalue weighted by Crippen LogP contribution is 2.34. The number of hydrogen-bond acceptors (Lipinski definition) is 4. The molecule has 0 heterocycles. The molecule has 0 bridgehead atoms. The van der Waals surface area contributed by atoms with E-state index in [1.165, 1.54) is 6.42 Å². The summed E-state index contributed by atoms with van der Waals surface area (Å²) in [5.74, 6) is -2.99. The third kappa shape index (κ3) is 5.62. The smallest absolute Gasteiger partial charge is 0.319 e. The van der Waals surface area contributed by atoms with E-state index in [1.807, 2.05) is 13.8 Å². The lowest BCUT2D eigenvalue weighted by Gasteiger charge is -2.32. The molecule has 3 rings (SSSR count). The van der Waals surface area contributed by atoms with Crippen molar-refractivity contribution in [3.8, 4) is 0 Å². The molecule has 3 N–H and O–H groups in total. The van der Waals surface area contributed by atoms with Crippen LogP contribution in [0, 0.1) is 11.8 Å². The van der Waals surface area contributed by atoms with Gasteiger partial charge in [-0.05, 0) is 63.8 Å². The van der Waals surface area contributed by atoms with Crippen molar-refractivity contribution in [3.05, 3.63) is 35.4 Å². The number of allylic oxidation sites excluding steroid dienone is 2. The van der Waals surface area contributed by atoms with Crippen LogP contribution in [0.25, 0.3) is 0 Å². The van der Waals surface area contributed by atoms with Gasteiger partial charge < -0.3 is 25.9 Å². The zero-order valence-electron chi connectivity index (χ0n) is 17.6. The molecule has 0 radical (unpaired) electrons. The van der Waals surface area contributed by atoms with Crippen LogP contribution in [0.15, 0.2) is 35.4 Å². The minimum Gasteiger partial charge on any atom is -0.550 e. The Morgan fingerprint density at radius 3 is 1.93 bits per heavy atom. The molecule has 1 fully saturated rings. The highest BCUT2D eigenvalue weighted by molar-refractivity contribution is 5.96. The maximum Gasteiger partial charge on any atom is 0.319 e. The second-order valence-corrected chi connectivity index (χ2v) is 8.50. The summed E-state index contributed by atoms with van der Waals surface area (Å²) in [7, 11) is 0. The predicted molar refractivity (Wildman–Crippen MR) is 114 cm³/mol. The largest absolute Gasteiger partial charge is 0.550 e. The number of benzene rings is 1. The molecule has 0 unspecified atom stereocenters. The van der Waals surface area contributed by atoms with Crippen molar-refractivity contribution >= 4 is 29.3 Å². The van der Waals surface area contributed by atoms with Gasteiger partial charge >= 0.3 is 6.03 Å². The number of carboxylic acid groups (broad SMARTS) is 1. The SMILES string of the molecule is CC1=C(C)C[C@@H](C(=O)[O-])[C@@H](C(=O)Nc2ccc(NC(=O)NC3CCCCC3)cc2)C1. The van der Waals surface area contributed by atoms with Crippen molar-refractivity contribution in [2.24, 2.45) is 11.8 Å². The number of rotatable bonds is 5. The Bertz CT molecular complexity index is 825.